The Bertz CT molecular complexity index is 1360. The fourth-order valence-corrected chi connectivity index (χ4v) is 4.03. The lowest BCUT2D eigenvalue weighted by Gasteiger charge is -2.15. The van der Waals surface area contributed by atoms with Crippen LogP contribution in [0.4, 0.5) is 25.5 Å². The first-order valence-electron chi connectivity index (χ1n) is 12.6. The van der Waals surface area contributed by atoms with Crippen molar-refractivity contribution >= 4 is 23.6 Å². The van der Waals surface area contributed by atoms with Crippen molar-refractivity contribution in [2.45, 2.75) is 33.1 Å². The molecule has 1 aromatic carbocycles. The van der Waals surface area contributed by atoms with Gasteiger partial charge in [-0.3, -0.25) is 5.32 Å². The maximum Gasteiger partial charge on any atom is 0.412 e. The van der Waals surface area contributed by atoms with E-state index >= 15 is 0 Å². The van der Waals surface area contributed by atoms with Crippen LogP contribution < -0.4 is 20.7 Å². The molecule has 0 aliphatic heterocycles. The van der Waals surface area contributed by atoms with Crippen LogP contribution in [0.25, 0.3) is 22.4 Å². The maximum atomic E-state index is 14.8. The number of nitrogens with one attached hydrogen (secondary N) is 3. The lowest BCUT2D eigenvalue weighted by molar-refractivity contribution is 0.187. The zero-order valence-corrected chi connectivity index (χ0v) is 22.1. The summed E-state index contributed by atoms with van der Waals surface area (Å²) in [5.74, 6) is -0.0600. The average molecular weight is 538 g/mol. The van der Waals surface area contributed by atoms with Crippen molar-refractivity contribution in [3.8, 4) is 28.3 Å². The number of aromatic nitrogens is 2. The van der Waals surface area contributed by atoms with Crippen LogP contribution in [-0.2, 0) is 4.74 Å². The topological polar surface area (TPSA) is 135 Å². The van der Waals surface area contributed by atoms with Gasteiger partial charge < -0.3 is 25.2 Å². The standard InChI is InChI=1S/C28H32FN5O5/c1-17-12-21(29)23(33-26(36)31-9-7-28(2)5-6-28)16-20(17)19-13-22(32-25(15-19)39-11-10-35)18-4-8-30-24(14-18)34-27(37)38-3/h4,8,12-16,35H,5-7,9-11H2,1-3H3,(H,30,34,37)(H2,31,33,36). The number of urea groups is 1. The molecule has 1 saturated carbocycles. The zero-order chi connectivity index (χ0) is 28.0. The molecule has 0 radical (unpaired) electrons. The highest BCUT2D eigenvalue weighted by atomic mass is 19.1. The van der Waals surface area contributed by atoms with E-state index in [-0.39, 0.29) is 30.6 Å². The minimum Gasteiger partial charge on any atom is -0.475 e. The van der Waals surface area contributed by atoms with E-state index in [2.05, 4.69) is 37.6 Å². The summed E-state index contributed by atoms with van der Waals surface area (Å²) in [7, 11) is 1.25. The van der Waals surface area contributed by atoms with Crippen LogP contribution in [0.2, 0.25) is 0 Å². The molecule has 2 aromatic heterocycles. The number of anilines is 2. The summed E-state index contributed by atoms with van der Waals surface area (Å²) in [6.07, 6.45) is 4.04. The van der Waals surface area contributed by atoms with Gasteiger partial charge in [0, 0.05) is 24.4 Å². The molecule has 3 amide bonds. The Labute approximate surface area is 226 Å². The second kappa shape index (κ2) is 12.1. The van der Waals surface area contributed by atoms with Gasteiger partial charge in [0.1, 0.15) is 18.2 Å². The van der Waals surface area contributed by atoms with Crippen molar-refractivity contribution in [3.05, 3.63) is 54.0 Å². The molecule has 0 bridgehead atoms. The maximum absolute atomic E-state index is 14.8. The highest BCUT2D eigenvalue weighted by Crippen LogP contribution is 2.47. The molecule has 0 atom stereocenters. The lowest BCUT2D eigenvalue weighted by Crippen LogP contribution is -2.30. The number of aliphatic hydroxyl groups excluding tert-OH is 1. The molecule has 0 unspecified atom stereocenters. The molecule has 3 aromatic rings. The predicted molar refractivity (Wildman–Crippen MR) is 145 cm³/mol. The van der Waals surface area contributed by atoms with Gasteiger partial charge in [-0.05, 0) is 78.6 Å². The van der Waals surface area contributed by atoms with Gasteiger partial charge in [0.25, 0.3) is 0 Å². The normalized spacial score (nSPS) is 13.4. The van der Waals surface area contributed by atoms with Gasteiger partial charge in [-0.25, -0.2) is 23.9 Å². The average Bonchev–Trinajstić information content (AvgIpc) is 3.65. The van der Waals surface area contributed by atoms with E-state index in [4.69, 9.17) is 4.74 Å². The van der Waals surface area contributed by atoms with Gasteiger partial charge >= 0.3 is 12.1 Å². The van der Waals surface area contributed by atoms with Crippen LogP contribution in [0.15, 0.2) is 42.6 Å². The summed E-state index contributed by atoms with van der Waals surface area (Å²) in [4.78, 5) is 32.7. The number of carbonyl (C=O) groups is 2. The number of aryl methyl sites for hydroxylation is 1. The smallest absolute Gasteiger partial charge is 0.412 e. The number of ether oxygens (including phenoxy) is 2. The van der Waals surface area contributed by atoms with Gasteiger partial charge in [0.2, 0.25) is 5.88 Å². The van der Waals surface area contributed by atoms with Crippen molar-refractivity contribution in [1.82, 2.24) is 15.3 Å². The SMILES string of the molecule is COC(=O)Nc1cc(-c2cc(-c3cc(NC(=O)NCCC4(C)CC4)c(F)cc3C)cc(OCCO)n2)ccn1. The highest BCUT2D eigenvalue weighted by molar-refractivity contribution is 5.91. The fraction of sp³-hybridized carbons (Fsp3) is 0.357. The van der Waals surface area contributed by atoms with E-state index in [1.54, 1.807) is 37.3 Å². The molecule has 4 N–H and O–H groups in total. The van der Waals surface area contributed by atoms with E-state index in [1.165, 1.54) is 19.4 Å². The summed E-state index contributed by atoms with van der Waals surface area (Å²) in [5.41, 5.74) is 3.37. The first-order chi connectivity index (χ1) is 18.7. The molecular weight excluding hydrogens is 505 g/mol. The Morgan fingerprint density at radius 2 is 1.92 bits per heavy atom. The fourth-order valence-electron chi connectivity index (χ4n) is 4.03. The molecule has 206 valence electrons. The molecule has 10 nitrogen and oxygen atoms in total. The van der Waals surface area contributed by atoms with Crippen molar-refractivity contribution in [2.24, 2.45) is 5.41 Å². The molecular formula is C28H32FN5O5. The third-order valence-electron chi connectivity index (χ3n) is 6.61. The Balaban J connectivity index is 1.64. The number of benzene rings is 1. The van der Waals surface area contributed by atoms with Crippen molar-refractivity contribution in [1.29, 1.82) is 0 Å². The molecule has 2 heterocycles. The van der Waals surface area contributed by atoms with E-state index in [0.29, 0.717) is 39.9 Å². The predicted octanol–water partition coefficient (Wildman–Crippen LogP) is 5.12. The number of nitrogens with zero attached hydrogens (tertiary/aromatic N) is 2. The number of amides is 3. The molecule has 1 aliphatic rings. The van der Waals surface area contributed by atoms with Crippen LogP contribution in [0.1, 0.15) is 31.7 Å². The van der Waals surface area contributed by atoms with Crippen LogP contribution in [0, 0.1) is 18.2 Å². The number of halogens is 1. The number of methoxy groups -OCH3 is 1. The Morgan fingerprint density at radius 3 is 2.64 bits per heavy atom. The molecule has 0 spiro atoms. The highest BCUT2D eigenvalue weighted by Gasteiger charge is 2.36. The second-order valence-corrected chi connectivity index (χ2v) is 9.79. The Hall–Kier alpha value is -4.25. The number of hydrogen-bond donors (Lipinski definition) is 4. The monoisotopic (exact) mass is 537 g/mol. The summed E-state index contributed by atoms with van der Waals surface area (Å²) in [6.45, 7) is 4.28. The molecule has 4 rings (SSSR count). The number of carbonyl (C=O) groups excluding carboxylic acids is 2. The summed E-state index contributed by atoms with van der Waals surface area (Å²) in [6, 6.07) is 9.24. The summed E-state index contributed by atoms with van der Waals surface area (Å²) < 4.78 is 25.1. The van der Waals surface area contributed by atoms with Crippen LogP contribution in [-0.4, -0.2) is 54.1 Å². The van der Waals surface area contributed by atoms with Crippen molar-refractivity contribution in [3.63, 3.8) is 0 Å². The van der Waals surface area contributed by atoms with E-state index in [9.17, 15) is 19.1 Å². The van der Waals surface area contributed by atoms with E-state index in [1.807, 2.05) is 0 Å². The van der Waals surface area contributed by atoms with Crippen LogP contribution >= 0.6 is 0 Å². The lowest BCUT2D eigenvalue weighted by atomic mass is 9.98. The Morgan fingerprint density at radius 1 is 1.13 bits per heavy atom. The van der Waals surface area contributed by atoms with Gasteiger partial charge in [0.15, 0.2) is 0 Å². The van der Waals surface area contributed by atoms with Crippen molar-refractivity contribution < 1.29 is 28.6 Å². The number of pyridine rings is 2. The summed E-state index contributed by atoms with van der Waals surface area (Å²) in [5, 5.41) is 17.2. The van der Waals surface area contributed by atoms with E-state index < -0.39 is 17.9 Å². The molecule has 1 aliphatic carbocycles. The van der Waals surface area contributed by atoms with Gasteiger partial charge in [-0.15, -0.1) is 0 Å². The summed E-state index contributed by atoms with van der Waals surface area (Å²) >= 11 is 0. The molecule has 39 heavy (non-hydrogen) atoms. The van der Waals surface area contributed by atoms with Gasteiger partial charge in [0.05, 0.1) is 25.1 Å². The third kappa shape index (κ3) is 7.41. The molecule has 11 heteroatoms. The second-order valence-electron chi connectivity index (χ2n) is 9.79. The van der Waals surface area contributed by atoms with Gasteiger partial charge in [-0.2, -0.15) is 0 Å². The molecule has 1 fully saturated rings. The van der Waals surface area contributed by atoms with Crippen molar-refractivity contribution in [2.75, 3.05) is 37.5 Å². The first-order valence-corrected chi connectivity index (χ1v) is 12.6. The Kier molecular flexibility index (Phi) is 8.60. The minimum absolute atomic E-state index is 0.0236. The van der Waals surface area contributed by atoms with Crippen LogP contribution in [0.3, 0.4) is 0 Å². The number of hydrogen-bond acceptors (Lipinski definition) is 7. The minimum atomic E-state index is -0.666. The van der Waals surface area contributed by atoms with Gasteiger partial charge in [-0.1, -0.05) is 6.92 Å². The third-order valence-corrected chi connectivity index (χ3v) is 6.61. The largest absolute Gasteiger partial charge is 0.475 e. The number of rotatable bonds is 10. The number of aliphatic hydroxyl groups is 1. The van der Waals surface area contributed by atoms with Crippen LogP contribution in [0.5, 0.6) is 5.88 Å². The first kappa shape index (κ1) is 27.8. The zero-order valence-electron chi connectivity index (χ0n) is 22.1. The quantitative estimate of drug-likeness (QED) is 0.282. The van der Waals surface area contributed by atoms with E-state index in [0.717, 1.165) is 19.3 Å². The molecule has 0 saturated heterocycles.